The van der Waals surface area contributed by atoms with Gasteiger partial charge in [0.25, 0.3) is 5.91 Å². The van der Waals surface area contributed by atoms with Gasteiger partial charge in [0.2, 0.25) is 5.91 Å². The largest absolute Gasteiger partial charge is 0.484 e. The minimum atomic E-state index is -0.310. The zero-order valence-corrected chi connectivity index (χ0v) is 18.7. The standard InChI is InChI=1S/C27H26FN3O3/c28-22-6-3-20(4-7-22)26-24-15-23(34-17-25(32)30-16-18-9-12-29-13-10-18)8-5-19(24)11-14-31(26)27(33)21-1-2-21/h3-10,12-13,15,21,26H,1-2,11,14,16-17H2,(H,30,32). The lowest BCUT2D eigenvalue weighted by molar-refractivity contribution is -0.134. The van der Waals surface area contributed by atoms with E-state index >= 15 is 0 Å². The van der Waals surface area contributed by atoms with E-state index in [0.29, 0.717) is 18.8 Å². The van der Waals surface area contributed by atoms with Crippen molar-refractivity contribution in [1.29, 1.82) is 0 Å². The van der Waals surface area contributed by atoms with Crippen molar-refractivity contribution in [2.45, 2.75) is 31.8 Å². The fraction of sp³-hybridized carbons (Fsp3) is 0.296. The molecule has 2 aliphatic rings. The molecule has 0 bridgehead atoms. The Bertz CT molecular complexity index is 1180. The molecule has 6 nitrogen and oxygen atoms in total. The van der Waals surface area contributed by atoms with E-state index in [1.54, 1.807) is 24.5 Å². The van der Waals surface area contributed by atoms with Crippen molar-refractivity contribution in [2.24, 2.45) is 5.92 Å². The molecule has 1 aromatic heterocycles. The summed E-state index contributed by atoms with van der Waals surface area (Å²) in [6.45, 7) is 0.914. The van der Waals surface area contributed by atoms with E-state index < -0.39 is 0 Å². The van der Waals surface area contributed by atoms with Gasteiger partial charge in [-0.3, -0.25) is 14.6 Å². The number of nitrogens with one attached hydrogen (secondary N) is 1. The van der Waals surface area contributed by atoms with Crippen molar-refractivity contribution in [3.05, 3.63) is 95.1 Å². The fourth-order valence-electron chi connectivity index (χ4n) is 4.39. The van der Waals surface area contributed by atoms with Crippen LogP contribution in [0.3, 0.4) is 0 Å². The molecular formula is C27H26FN3O3. The molecule has 2 aromatic carbocycles. The third-order valence-corrected chi connectivity index (χ3v) is 6.35. The van der Waals surface area contributed by atoms with Gasteiger partial charge in [-0.15, -0.1) is 0 Å². The first-order valence-electron chi connectivity index (χ1n) is 11.6. The number of hydrogen-bond donors (Lipinski definition) is 1. The number of halogens is 1. The molecule has 0 radical (unpaired) electrons. The molecule has 174 valence electrons. The van der Waals surface area contributed by atoms with Crippen LogP contribution in [0.25, 0.3) is 0 Å². The van der Waals surface area contributed by atoms with E-state index in [9.17, 15) is 14.0 Å². The lowest BCUT2D eigenvalue weighted by atomic mass is 9.87. The molecule has 3 aromatic rings. The Morgan fingerprint density at radius 3 is 2.56 bits per heavy atom. The number of amides is 2. The fourth-order valence-corrected chi connectivity index (χ4v) is 4.39. The number of carbonyl (C=O) groups is 2. The highest BCUT2D eigenvalue weighted by atomic mass is 19.1. The Kier molecular flexibility index (Phi) is 6.25. The lowest BCUT2D eigenvalue weighted by Gasteiger charge is -2.38. The predicted octanol–water partition coefficient (Wildman–Crippen LogP) is 3.80. The summed E-state index contributed by atoms with van der Waals surface area (Å²) in [5, 5.41) is 2.83. The van der Waals surface area contributed by atoms with Gasteiger partial charge in [0.05, 0.1) is 6.04 Å². The van der Waals surface area contributed by atoms with Crippen LogP contribution in [0.1, 0.15) is 41.1 Å². The number of ether oxygens (including phenoxy) is 1. The molecule has 1 aliphatic carbocycles. The molecule has 0 spiro atoms. The summed E-state index contributed by atoms with van der Waals surface area (Å²) < 4.78 is 19.4. The Balaban J connectivity index is 1.33. The van der Waals surface area contributed by atoms with Crippen LogP contribution in [0.5, 0.6) is 5.75 Å². The zero-order chi connectivity index (χ0) is 23.5. The van der Waals surface area contributed by atoms with E-state index in [-0.39, 0.29) is 36.2 Å². The third kappa shape index (κ3) is 4.93. The quantitative estimate of drug-likeness (QED) is 0.584. The van der Waals surface area contributed by atoms with Crippen molar-refractivity contribution < 1.29 is 18.7 Å². The van der Waals surface area contributed by atoms with E-state index in [4.69, 9.17) is 4.74 Å². The summed E-state index contributed by atoms with van der Waals surface area (Å²) in [6, 6.07) is 15.5. The van der Waals surface area contributed by atoms with Crippen LogP contribution in [0.2, 0.25) is 0 Å². The van der Waals surface area contributed by atoms with Gasteiger partial charge < -0.3 is 15.0 Å². The molecule has 7 heteroatoms. The Hall–Kier alpha value is -3.74. The van der Waals surface area contributed by atoms with Crippen LogP contribution in [-0.2, 0) is 22.6 Å². The smallest absolute Gasteiger partial charge is 0.258 e. The molecule has 1 fully saturated rings. The summed E-state index contributed by atoms with van der Waals surface area (Å²) in [7, 11) is 0. The molecule has 1 aliphatic heterocycles. The van der Waals surface area contributed by atoms with E-state index in [2.05, 4.69) is 10.3 Å². The molecule has 1 N–H and O–H groups in total. The first kappa shape index (κ1) is 22.1. The van der Waals surface area contributed by atoms with Gasteiger partial charge >= 0.3 is 0 Å². The number of nitrogens with zero attached hydrogens (tertiary/aromatic N) is 2. The van der Waals surface area contributed by atoms with Gasteiger partial charge in [-0.25, -0.2) is 4.39 Å². The zero-order valence-electron chi connectivity index (χ0n) is 18.7. The van der Waals surface area contributed by atoms with Crippen LogP contribution in [-0.4, -0.2) is 34.8 Å². The van der Waals surface area contributed by atoms with Crippen LogP contribution in [0.4, 0.5) is 4.39 Å². The average Bonchev–Trinajstić information content (AvgIpc) is 3.72. The van der Waals surface area contributed by atoms with E-state index in [1.165, 1.54) is 12.1 Å². The number of hydrogen-bond acceptors (Lipinski definition) is 4. The number of carbonyl (C=O) groups excluding carboxylic acids is 2. The van der Waals surface area contributed by atoms with Crippen LogP contribution >= 0.6 is 0 Å². The van der Waals surface area contributed by atoms with Gasteiger partial charge in [-0.1, -0.05) is 18.2 Å². The van der Waals surface area contributed by atoms with Crippen LogP contribution in [0, 0.1) is 11.7 Å². The topological polar surface area (TPSA) is 71.5 Å². The molecule has 1 unspecified atom stereocenters. The number of aromatic nitrogens is 1. The van der Waals surface area contributed by atoms with Crippen LogP contribution < -0.4 is 10.1 Å². The maximum atomic E-state index is 13.6. The highest BCUT2D eigenvalue weighted by Gasteiger charge is 2.39. The first-order chi connectivity index (χ1) is 16.6. The highest BCUT2D eigenvalue weighted by Crippen LogP contribution is 2.41. The number of benzene rings is 2. The molecule has 2 amide bonds. The Morgan fingerprint density at radius 2 is 1.82 bits per heavy atom. The summed E-state index contributed by atoms with van der Waals surface area (Å²) >= 11 is 0. The van der Waals surface area contributed by atoms with Crippen LogP contribution in [0.15, 0.2) is 67.0 Å². The second kappa shape index (κ2) is 9.63. The van der Waals surface area contributed by atoms with E-state index in [0.717, 1.165) is 41.5 Å². The molecule has 2 heterocycles. The number of pyridine rings is 1. The summed E-state index contributed by atoms with van der Waals surface area (Å²) in [4.78, 5) is 31.2. The third-order valence-electron chi connectivity index (χ3n) is 6.35. The summed E-state index contributed by atoms with van der Waals surface area (Å²) in [6.07, 6.45) is 5.96. The summed E-state index contributed by atoms with van der Waals surface area (Å²) in [5.41, 5.74) is 3.91. The summed E-state index contributed by atoms with van der Waals surface area (Å²) in [5.74, 6) is 0.269. The second-order valence-electron chi connectivity index (χ2n) is 8.79. The van der Waals surface area contributed by atoms with Gasteiger partial charge in [-0.2, -0.15) is 0 Å². The van der Waals surface area contributed by atoms with Crippen molar-refractivity contribution >= 4 is 11.8 Å². The van der Waals surface area contributed by atoms with Gasteiger partial charge in [-0.05, 0) is 77.9 Å². The lowest BCUT2D eigenvalue weighted by Crippen LogP contribution is -2.41. The minimum Gasteiger partial charge on any atom is -0.484 e. The van der Waals surface area contributed by atoms with Gasteiger partial charge in [0, 0.05) is 31.4 Å². The molecule has 34 heavy (non-hydrogen) atoms. The maximum absolute atomic E-state index is 13.6. The SMILES string of the molecule is O=C(COc1ccc2c(c1)C(c1ccc(F)cc1)N(C(=O)C1CC1)CC2)NCc1ccncc1. The number of rotatable bonds is 7. The molecule has 1 saturated carbocycles. The monoisotopic (exact) mass is 459 g/mol. The van der Waals surface area contributed by atoms with Gasteiger partial charge in [0.1, 0.15) is 11.6 Å². The number of fused-ring (bicyclic) bond motifs is 1. The second-order valence-corrected chi connectivity index (χ2v) is 8.79. The highest BCUT2D eigenvalue weighted by molar-refractivity contribution is 5.82. The van der Waals surface area contributed by atoms with Crippen molar-refractivity contribution in [1.82, 2.24) is 15.2 Å². The Morgan fingerprint density at radius 1 is 1.06 bits per heavy atom. The van der Waals surface area contributed by atoms with Crippen molar-refractivity contribution in [2.75, 3.05) is 13.2 Å². The average molecular weight is 460 g/mol. The van der Waals surface area contributed by atoms with Crippen molar-refractivity contribution in [3.8, 4) is 5.75 Å². The normalized spacial score (nSPS) is 17.1. The predicted molar refractivity (Wildman–Crippen MR) is 124 cm³/mol. The minimum absolute atomic E-state index is 0.0908. The Labute approximate surface area is 197 Å². The molecule has 1 atom stereocenters. The molecular weight excluding hydrogens is 433 g/mol. The first-order valence-corrected chi connectivity index (χ1v) is 11.6. The van der Waals surface area contributed by atoms with Gasteiger partial charge in [0.15, 0.2) is 6.61 Å². The molecule has 5 rings (SSSR count). The van der Waals surface area contributed by atoms with Crippen molar-refractivity contribution in [3.63, 3.8) is 0 Å². The maximum Gasteiger partial charge on any atom is 0.258 e. The van der Waals surface area contributed by atoms with E-state index in [1.807, 2.05) is 35.2 Å². The molecule has 0 saturated heterocycles.